The van der Waals surface area contributed by atoms with Crippen LogP contribution < -0.4 is 5.32 Å². The first-order valence-electron chi connectivity index (χ1n) is 8.87. The second-order valence-corrected chi connectivity index (χ2v) is 6.90. The van der Waals surface area contributed by atoms with Gasteiger partial charge in [0.15, 0.2) is 0 Å². The van der Waals surface area contributed by atoms with E-state index in [1.165, 1.54) is 31.2 Å². The van der Waals surface area contributed by atoms with E-state index in [4.69, 9.17) is 4.74 Å². The van der Waals surface area contributed by atoms with Gasteiger partial charge in [0, 0.05) is 19.6 Å². The van der Waals surface area contributed by atoms with E-state index in [0.717, 1.165) is 6.42 Å². The minimum absolute atomic E-state index is 0. The first kappa shape index (κ1) is 19.2. The Kier molecular flexibility index (Phi) is 7.53. The summed E-state index contributed by atoms with van der Waals surface area (Å²) in [6.45, 7) is 1.84. The molecule has 5 heteroatoms. The van der Waals surface area contributed by atoms with Gasteiger partial charge in [-0.3, -0.25) is 4.79 Å². The number of carbonyl (C=O) groups is 1. The Hall–Kier alpha value is -1.10. The molecule has 3 rings (SSSR count). The molecule has 3 unspecified atom stereocenters. The highest BCUT2D eigenvalue weighted by Crippen LogP contribution is 2.33. The van der Waals surface area contributed by atoms with Crippen molar-refractivity contribution in [1.82, 2.24) is 10.2 Å². The number of hydrogen-bond acceptors (Lipinski definition) is 3. The van der Waals surface area contributed by atoms with Crippen molar-refractivity contribution >= 4 is 18.3 Å². The first-order valence-corrected chi connectivity index (χ1v) is 8.87. The van der Waals surface area contributed by atoms with Crippen LogP contribution in [0, 0.1) is 5.92 Å². The fourth-order valence-electron chi connectivity index (χ4n) is 3.85. The molecular formula is C19H29ClN2O2. The Morgan fingerprint density at radius 3 is 2.75 bits per heavy atom. The van der Waals surface area contributed by atoms with E-state index in [-0.39, 0.29) is 24.4 Å². The zero-order valence-corrected chi connectivity index (χ0v) is 15.3. The van der Waals surface area contributed by atoms with E-state index in [2.05, 4.69) is 17.4 Å². The van der Waals surface area contributed by atoms with Gasteiger partial charge < -0.3 is 15.0 Å². The number of carbonyl (C=O) groups excluding carboxylic acids is 1. The normalized spacial score (nSPS) is 25.6. The second-order valence-electron chi connectivity index (χ2n) is 6.90. The molecule has 1 aromatic rings. The van der Waals surface area contributed by atoms with E-state index in [1.807, 2.05) is 30.1 Å². The molecule has 1 aliphatic heterocycles. The van der Waals surface area contributed by atoms with Crippen LogP contribution in [0.2, 0.25) is 0 Å². The number of fused-ring (bicyclic) bond motifs is 1. The van der Waals surface area contributed by atoms with Crippen molar-refractivity contribution in [3.63, 3.8) is 0 Å². The number of halogens is 1. The van der Waals surface area contributed by atoms with Gasteiger partial charge in [0.25, 0.3) is 0 Å². The summed E-state index contributed by atoms with van der Waals surface area (Å²) in [4.78, 5) is 14.4. The zero-order chi connectivity index (χ0) is 16.1. The molecule has 1 amide bonds. The van der Waals surface area contributed by atoms with Crippen LogP contribution in [0.4, 0.5) is 0 Å². The van der Waals surface area contributed by atoms with Gasteiger partial charge in [0.1, 0.15) is 0 Å². The molecule has 2 fully saturated rings. The highest BCUT2D eigenvalue weighted by Gasteiger charge is 2.38. The largest absolute Gasteiger partial charge is 0.375 e. The van der Waals surface area contributed by atoms with E-state index in [0.29, 0.717) is 31.7 Å². The Morgan fingerprint density at radius 2 is 2.00 bits per heavy atom. The maximum absolute atomic E-state index is 12.6. The first-order chi connectivity index (χ1) is 11.2. The average Bonchev–Trinajstić information content (AvgIpc) is 3.03. The molecule has 1 N–H and O–H groups in total. The lowest BCUT2D eigenvalue weighted by Gasteiger charge is -2.24. The van der Waals surface area contributed by atoms with Crippen LogP contribution in [-0.2, 0) is 16.1 Å². The summed E-state index contributed by atoms with van der Waals surface area (Å²) in [6.07, 6.45) is 6.16. The Bertz CT molecular complexity index is 497. The Labute approximate surface area is 151 Å². The number of hydrogen-bond donors (Lipinski definition) is 1. The second kappa shape index (κ2) is 9.40. The van der Waals surface area contributed by atoms with Crippen LogP contribution in [0.1, 0.15) is 37.7 Å². The van der Waals surface area contributed by atoms with Crippen LogP contribution in [-0.4, -0.2) is 43.1 Å². The SMILES string of the molecule is CN(CCOCc1ccccc1)C(=O)C1CC2CCCCC2N1.Cl. The molecule has 24 heavy (non-hydrogen) atoms. The van der Waals surface area contributed by atoms with Crippen LogP contribution in [0.3, 0.4) is 0 Å². The van der Waals surface area contributed by atoms with Crippen LogP contribution in [0.25, 0.3) is 0 Å². The van der Waals surface area contributed by atoms with E-state index in [1.54, 1.807) is 0 Å². The molecule has 0 bridgehead atoms. The van der Waals surface area contributed by atoms with Gasteiger partial charge >= 0.3 is 0 Å². The lowest BCUT2D eigenvalue weighted by molar-refractivity contribution is -0.132. The van der Waals surface area contributed by atoms with Gasteiger partial charge in [-0.15, -0.1) is 12.4 Å². The van der Waals surface area contributed by atoms with Gasteiger partial charge in [0.2, 0.25) is 5.91 Å². The number of amides is 1. The number of nitrogens with one attached hydrogen (secondary N) is 1. The number of benzene rings is 1. The summed E-state index contributed by atoms with van der Waals surface area (Å²) in [6, 6.07) is 10.7. The average molecular weight is 353 g/mol. The topological polar surface area (TPSA) is 41.6 Å². The summed E-state index contributed by atoms with van der Waals surface area (Å²) in [5.41, 5.74) is 1.17. The quantitative estimate of drug-likeness (QED) is 0.800. The van der Waals surface area contributed by atoms with Crippen molar-refractivity contribution in [1.29, 1.82) is 0 Å². The molecular weight excluding hydrogens is 324 g/mol. The Balaban J connectivity index is 0.00000208. The summed E-state index contributed by atoms with van der Waals surface area (Å²) in [5, 5.41) is 3.56. The predicted molar refractivity (Wildman–Crippen MR) is 98.3 cm³/mol. The maximum Gasteiger partial charge on any atom is 0.239 e. The highest BCUT2D eigenvalue weighted by molar-refractivity contribution is 5.85. The maximum atomic E-state index is 12.6. The summed E-state index contributed by atoms with van der Waals surface area (Å²) >= 11 is 0. The van der Waals surface area contributed by atoms with E-state index < -0.39 is 0 Å². The van der Waals surface area contributed by atoms with Crippen LogP contribution in [0.15, 0.2) is 30.3 Å². The molecule has 0 radical (unpaired) electrons. The van der Waals surface area contributed by atoms with Crippen molar-refractivity contribution in [3.8, 4) is 0 Å². The van der Waals surface area contributed by atoms with Crippen molar-refractivity contribution in [3.05, 3.63) is 35.9 Å². The minimum atomic E-state index is 0. The third-order valence-corrected chi connectivity index (χ3v) is 5.22. The standard InChI is InChI=1S/C19H28N2O2.ClH/c1-21(11-12-23-14-15-7-3-2-4-8-15)19(22)18-13-16-9-5-6-10-17(16)20-18;/h2-4,7-8,16-18,20H,5-6,9-14H2,1H3;1H. The van der Waals surface area contributed by atoms with E-state index >= 15 is 0 Å². The third kappa shape index (κ3) is 4.95. The Morgan fingerprint density at radius 1 is 1.25 bits per heavy atom. The minimum Gasteiger partial charge on any atom is -0.375 e. The van der Waals surface area contributed by atoms with Gasteiger partial charge in [0.05, 0.1) is 19.3 Å². The zero-order valence-electron chi connectivity index (χ0n) is 14.4. The van der Waals surface area contributed by atoms with Gasteiger partial charge in [-0.2, -0.15) is 0 Å². The molecule has 0 aromatic heterocycles. The van der Waals surface area contributed by atoms with Crippen LogP contribution in [0.5, 0.6) is 0 Å². The number of ether oxygens (including phenoxy) is 1. The summed E-state index contributed by atoms with van der Waals surface area (Å²) < 4.78 is 5.68. The number of rotatable bonds is 6. The fourth-order valence-corrected chi connectivity index (χ4v) is 3.85. The number of nitrogens with zero attached hydrogens (tertiary/aromatic N) is 1. The third-order valence-electron chi connectivity index (χ3n) is 5.22. The molecule has 4 nitrogen and oxygen atoms in total. The molecule has 1 heterocycles. The summed E-state index contributed by atoms with van der Waals surface area (Å²) in [7, 11) is 1.89. The van der Waals surface area contributed by atoms with Crippen molar-refractivity contribution < 1.29 is 9.53 Å². The molecule has 3 atom stereocenters. The lowest BCUT2D eigenvalue weighted by atomic mass is 9.85. The molecule has 1 aliphatic carbocycles. The van der Waals surface area contributed by atoms with E-state index in [9.17, 15) is 4.79 Å². The van der Waals surface area contributed by atoms with Crippen molar-refractivity contribution in [2.24, 2.45) is 5.92 Å². The van der Waals surface area contributed by atoms with Crippen molar-refractivity contribution in [2.45, 2.75) is 50.8 Å². The monoisotopic (exact) mass is 352 g/mol. The smallest absolute Gasteiger partial charge is 0.239 e. The fraction of sp³-hybridized carbons (Fsp3) is 0.632. The molecule has 1 saturated carbocycles. The van der Waals surface area contributed by atoms with Crippen molar-refractivity contribution in [2.75, 3.05) is 20.2 Å². The number of likely N-dealkylation sites (N-methyl/N-ethyl adjacent to an activating group) is 1. The molecule has 1 aromatic carbocycles. The molecule has 2 aliphatic rings. The van der Waals surface area contributed by atoms with Gasteiger partial charge in [-0.1, -0.05) is 43.2 Å². The van der Waals surface area contributed by atoms with Gasteiger partial charge in [-0.05, 0) is 30.7 Å². The molecule has 1 saturated heterocycles. The summed E-state index contributed by atoms with van der Waals surface area (Å²) in [5.74, 6) is 0.933. The lowest BCUT2D eigenvalue weighted by Crippen LogP contribution is -2.44. The molecule has 134 valence electrons. The highest BCUT2D eigenvalue weighted by atomic mass is 35.5. The predicted octanol–water partition coefficient (Wildman–Crippen LogP) is 3.00. The van der Waals surface area contributed by atoms with Crippen LogP contribution >= 0.6 is 12.4 Å². The van der Waals surface area contributed by atoms with Gasteiger partial charge in [-0.25, -0.2) is 0 Å². The molecule has 0 spiro atoms.